The molecule has 1 N–H and O–H groups in total. The van der Waals surface area contributed by atoms with Crippen LogP contribution in [-0.4, -0.2) is 11.2 Å². The Kier molecular flexibility index (Phi) is 5.13. The first kappa shape index (κ1) is 18.2. The van der Waals surface area contributed by atoms with Crippen LogP contribution < -0.4 is 5.43 Å². The third kappa shape index (κ3) is 4.32. The van der Waals surface area contributed by atoms with E-state index in [0.717, 1.165) is 27.9 Å². The van der Waals surface area contributed by atoms with Gasteiger partial charge in [-0.3, -0.25) is 5.43 Å². The fourth-order valence-electron chi connectivity index (χ4n) is 2.18. The van der Waals surface area contributed by atoms with Gasteiger partial charge in [0.25, 0.3) is 0 Å². The summed E-state index contributed by atoms with van der Waals surface area (Å²) in [5.41, 5.74) is 3.78. The van der Waals surface area contributed by atoms with Crippen LogP contribution in [0.15, 0.2) is 62.7 Å². The van der Waals surface area contributed by atoms with Crippen LogP contribution >= 0.6 is 15.9 Å². The number of rotatable bonds is 4. The van der Waals surface area contributed by atoms with Crippen LogP contribution in [0.5, 0.6) is 0 Å². The SMILES string of the molecule is Cc1ccc(-c2ccc(/C=N/Nc3ccc(C(F)(F)F)cn3)o2)c(Br)c1. The van der Waals surface area contributed by atoms with Crippen molar-refractivity contribution in [3.05, 3.63) is 70.0 Å². The quantitative estimate of drug-likeness (QED) is 0.421. The van der Waals surface area contributed by atoms with Gasteiger partial charge in [-0.1, -0.05) is 22.0 Å². The van der Waals surface area contributed by atoms with E-state index >= 15 is 0 Å². The number of benzene rings is 1. The molecule has 0 aliphatic rings. The van der Waals surface area contributed by atoms with E-state index in [1.165, 1.54) is 12.3 Å². The zero-order valence-corrected chi connectivity index (χ0v) is 15.1. The van der Waals surface area contributed by atoms with Crippen molar-refractivity contribution in [2.24, 2.45) is 5.10 Å². The molecule has 8 heteroatoms. The van der Waals surface area contributed by atoms with Gasteiger partial charge in [0.1, 0.15) is 17.3 Å². The number of hydrazone groups is 1. The van der Waals surface area contributed by atoms with Crippen molar-refractivity contribution < 1.29 is 17.6 Å². The number of hydrogen-bond donors (Lipinski definition) is 1. The predicted molar refractivity (Wildman–Crippen MR) is 97.0 cm³/mol. The number of pyridine rings is 1. The number of halogens is 4. The zero-order valence-electron chi connectivity index (χ0n) is 13.5. The van der Waals surface area contributed by atoms with Crippen molar-refractivity contribution in [3.63, 3.8) is 0 Å². The molecule has 0 aliphatic carbocycles. The van der Waals surface area contributed by atoms with Crippen molar-refractivity contribution >= 4 is 28.0 Å². The second kappa shape index (κ2) is 7.33. The molecule has 0 spiro atoms. The van der Waals surface area contributed by atoms with Crippen LogP contribution in [0, 0.1) is 6.92 Å². The largest absolute Gasteiger partial charge is 0.455 e. The molecule has 0 saturated carbocycles. The summed E-state index contributed by atoms with van der Waals surface area (Å²) in [7, 11) is 0. The van der Waals surface area contributed by atoms with Crippen molar-refractivity contribution in [1.29, 1.82) is 0 Å². The van der Waals surface area contributed by atoms with E-state index in [4.69, 9.17) is 4.42 Å². The molecule has 134 valence electrons. The predicted octanol–water partition coefficient (Wildman–Crippen LogP) is 5.88. The minimum absolute atomic E-state index is 0.197. The first-order valence-electron chi connectivity index (χ1n) is 7.51. The molecule has 0 radical (unpaired) electrons. The molecule has 0 saturated heterocycles. The maximum atomic E-state index is 12.5. The van der Waals surface area contributed by atoms with Crippen LogP contribution in [-0.2, 0) is 6.18 Å². The number of aryl methyl sites for hydroxylation is 1. The molecular weight excluding hydrogens is 411 g/mol. The molecule has 4 nitrogen and oxygen atoms in total. The lowest BCUT2D eigenvalue weighted by Crippen LogP contribution is -2.05. The topological polar surface area (TPSA) is 50.4 Å². The van der Waals surface area contributed by atoms with Gasteiger partial charge in [-0.15, -0.1) is 0 Å². The fourth-order valence-corrected chi connectivity index (χ4v) is 2.87. The summed E-state index contributed by atoms with van der Waals surface area (Å²) in [5, 5.41) is 3.92. The summed E-state index contributed by atoms with van der Waals surface area (Å²) in [5.74, 6) is 1.36. The summed E-state index contributed by atoms with van der Waals surface area (Å²) in [6.07, 6.45) is -2.24. The van der Waals surface area contributed by atoms with E-state index in [-0.39, 0.29) is 5.82 Å². The summed E-state index contributed by atoms with van der Waals surface area (Å²) >= 11 is 3.50. The number of hydrogen-bond acceptors (Lipinski definition) is 4. The van der Waals surface area contributed by atoms with Crippen LogP contribution in [0.3, 0.4) is 0 Å². The molecule has 26 heavy (non-hydrogen) atoms. The highest BCUT2D eigenvalue weighted by atomic mass is 79.9. The normalized spacial score (nSPS) is 11.9. The Labute approximate surface area is 155 Å². The first-order chi connectivity index (χ1) is 12.3. The molecular formula is C18H13BrF3N3O. The van der Waals surface area contributed by atoms with Crippen LogP contribution in [0.2, 0.25) is 0 Å². The first-order valence-corrected chi connectivity index (χ1v) is 8.31. The third-order valence-corrected chi connectivity index (χ3v) is 4.13. The second-order valence-corrected chi connectivity index (χ2v) is 6.34. The Balaban J connectivity index is 1.67. The average Bonchev–Trinajstić information content (AvgIpc) is 3.03. The van der Waals surface area contributed by atoms with E-state index in [0.29, 0.717) is 11.5 Å². The average molecular weight is 424 g/mol. The van der Waals surface area contributed by atoms with Crippen LogP contribution in [0.4, 0.5) is 19.0 Å². The lowest BCUT2D eigenvalue weighted by Gasteiger charge is -2.06. The van der Waals surface area contributed by atoms with Crippen molar-refractivity contribution in [2.75, 3.05) is 5.43 Å². The van der Waals surface area contributed by atoms with E-state index in [9.17, 15) is 13.2 Å². The Morgan fingerprint density at radius 3 is 2.62 bits per heavy atom. The van der Waals surface area contributed by atoms with Gasteiger partial charge in [0.05, 0.1) is 11.8 Å². The van der Waals surface area contributed by atoms with E-state index < -0.39 is 11.7 Å². The maximum absolute atomic E-state index is 12.5. The second-order valence-electron chi connectivity index (χ2n) is 5.49. The van der Waals surface area contributed by atoms with Gasteiger partial charge in [0.2, 0.25) is 0 Å². The zero-order chi connectivity index (χ0) is 18.7. The Morgan fingerprint density at radius 1 is 1.15 bits per heavy atom. The number of nitrogens with one attached hydrogen (secondary N) is 1. The van der Waals surface area contributed by atoms with Gasteiger partial charge in [-0.25, -0.2) is 4.98 Å². The molecule has 0 amide bonds. The molecule has 0 bridgehead atoms. The highest BCUT2D eigenvalue weighted by Crippen LogP contribution is 2.30. The number of furan rings is 1. The van der Waals surface area contributed by atoms with Gasteiger partial charge in [0, 0.05) is 16.2 Å². The number of anilines is 1. The Bertz CT molecular complexity index is 934. The van der Waals surface area contributed by atoms with Crippen molar-refractivity contribution in [1.82, 2.24) is 4.98 Å². The van der Waals surface area contributed by atoms with Crippen molar-refractivity contribution in [2.45, 2.75) is 13.1 Å². The van der Waals surface area contributed by atoms with Gasteiger partial charge < -0.3 is 4.42 Å². The Hall–Kier alpha value is -2.61. The molecule has 1 aromatic carbocycles. The molecule has 0 unspecified atom stereocenters. The molecule has 3 aromatic rings. The summed E-state index contributed by atoms with van der Waals surface area (Å²) < 4.78 is 44.1. The van der Waals surface area contributed by atoms with Gasteiger partial charge in [-0.2, -0.15) is 18.3 Å². The molecule has 0 fully saturated rings. The van der Waals surface area contributed by atoms with Crippen molar-refractivity contribution in [3.8, 4) is 11.3 Å². The number of nitrogens with zero attached hydrogens (tertiary/aromatic N) is 2. The lowest BCUT2D eigenvalue weighted by atomic mass is 10.1. The van der Waals surface area contributed by atoms with Gasteiger partial charge in [0.15, 0.2) is 0 Å². The highest BCUT2D eigenvalue weighted by molar-refractivity contribution is 9.10. The molecule has 0 atom stereocenters. The molecule has 0 aliphatic heterocycles. The molecule has 3 rings (SSSR count). The summed E-state index contributed by atoms with van der Waals surface area (Å²) in [4.78, 5) is 3.67. The van der Waals surface area contributed by atoms with E-state index in [2.05, 4.69) is 31.4 Å². The molecule has 2 aromatic heterocycles. The Morgan fingerprint density at radius 2 is 1.96 bits per heavy atom. The van der Waals surface area contributed by atoms with Crippen LogP contribution in [0.25, 0.3) is 11.3 Å². The molecule has 2 heterocycles. The van der Waals surface area contributed by atoms with Gasteiger partial charge in [-0.05, 0) is 48.9 Å². The lowest BCUT2D eigenvalue weighted by molar-refractivity contribution is -0.137. The monoisotopic (exact) mass is 423 g/mol. The third-order valence-electron chi connectivity index (χ3n) is 3.48. The van der Waals surface area contributed by atoms with E-state index in [1.807, 2.05) is 31.2 Å². The van der Waals surface area contributed by atoms with Crippen LogP contribution in [0.1, 0.15) is 16.9 Å². The smallest absolute Gasteiger partial charge is 0.417 e. The standard InChI is InChI=1S/C18H13BrF3N3O/c1-11-2-5-14(15(19)8-11)16-6-4-13(26-16)10-24-25-17-7-3-12(9-23-17)18(20,21)22/h2-10H,1H3,(H,23,25)/b24-10+. The highest BCUT2D eigenvalue weighted by Gasteiger charge is 2.30. The summed E-state index contributed by atoms with van der Waals surface area (Å²) in [6, 6.07) is 11.6. The number of aromatic nitrogens is 1. The minimum atomic E-state index is -4.41. The number of alkyl halides is 3. The minimum Gasteiger partial charge on any atom is -0.455 e. The fraction of sp³-hybridized carbons (Fsp3) is 0.111. The van der Waals surface area contributed by atoms with Gasteiger partial charge >= 0.3 is 6.18 Å². The summed E-state index contributed by atoms with van der Waals surface area (Å²) in [6.45, 7) is 2.00. The van der Waals surface area contributed by atoms with E-state index in [1.54, 1.807) is 6.07 Å². The maximum Gasteiger partial charge on any atom is 0.417 e.